The van der Waals surface area contributed by atoms with E-state index in [2.05, 4.69) is 10.6 Å². The third kappa shape index (κ3) is 6.02. The largest absolute Gasteiger partial charge is 0.351 e. The Bertz CT molecular complexity index is 692. The van der Waals surface area contributed by atoms with Gasteiger partial charge in [0.05, 0.1) is 23.8 Å². The third-order valence-corrected chi connectivity index (χ3v) is 3.64. The molecule has 0 heterocycles. The Labute approximate surface area is 146 Å². The van der Waals surface area contributed by atoms with Gasteiger partial charge in [0.1, 0.15) is 0 Å². The molecular formula is C18H20ClN3O2. The molecule has 5 nitrogen and oxygen atoms in total. The van der Waals surface area contributed by atoms with Gasteiger partial charge < -0.3 is 10.6 Å². The Morgan fingerprint density at radius 1 is 0.958 bits per heavy atom. The SMILES string of the molecule is CN(CC(=O)NCc1ccccc1)CC(=O)Nc1ccccc1Cl. The van der Waals surface area contributed by atoms with Gasteiger partial charge in [-0.3, -0.25) is 14.5 Å². The lowest BCUT2D eigenvalue weighted by Crippen LogP contribution is -2.38. The van der Waals surface area contributed by atoms with Crippen molar-refractivity contribution in [3.05, 3.63) is 65.2 Å². The smallest absolute Gasteiger partial charge is 0.238 e. The third-order valence-electron chi connectivity index (χ3n) is 3.31. The molecule has 2 rings (SSSR count). The van der Waals surface area contributed by atoms with Crippen LogP contribution in [-0.2, 0) is 16.1 Å². The molecule has 0 aliphatic carbocycles. The van der Waals surface area contributed by atoms with Gasteiger partial charge in [-0.15, -0.1) is 0 Å². The number of rotatable bonds is 7. The van der Waals surface area contributed by atoms with Crippen molar-refractivity contribution in [3.63, 3.8) is 0 Å². The van der Waals surface area contributed by atoms with Crippen molar-refractivity contribution >= 4 is 29.1 Å². The van der Waals surface area contributed by atoms with Crippen molar-refractivity contribution in [1.82, 2.24) is 10.2 Å². The first-order valence-corrected chi connectivity index (χ1v) is 7.96. The van der Waals surface area contributed by atoms with Crippen LogP contribution < -0.4 is 10.6 Å². The lowest BCUT2D eigenvalue weighted by Gasteiger charge is -2.16. The summed E-state index contributed by atoms with van der Waals surface area (Å²) in [5.41, 5.74) is 1.59. The summed E-state index contributed by atoms with van der Waals surface area (Å²) in [6, 6.07) is 16.7. The van der Waals surface area contributed by atoms with E-state index >= 15 is 0 Å². The molecule has 6 heteroatoms. The summed E-state index contributed by atoms with van der Waals surface area (Å²) in [6.07, 6.45) is 0. The fraction of sp³-hybridized carbons (Fsp3) is 0.222. The van der Waals surface area contributed by atoms with Crippen LogP contribution in [0, 0.1) is 0 Å². The Morgan fingerprint density at radius 2 is 1.58 bits per heavy atom. The Morgan fingerprint density at radius 3 is 2.29 bits per heavy atom. The average molecular weight is 346 g/mol. The maximum absolute atomic E-state index is 12.0. The molecule has 0 radical (unpaired) electrons. The predicted octanol–water partition coefficient (Wildman–Crippen LogP) is 2.53. The summed E-state index contributed by atoms with van der Waals surface area (Å²) in [5.74, 6) is -0.353. The van der Waals surface area contributed by atoms with Gasteiger partial charge in [-0.2, -0.15) is 0 Å². The molecule has 0 saturated heterocycles. The first-order chi connectivity index (χ1) is 11.5. The first-order valence-electron chi connectivity index (χ1n) is 7.58. The second-order valence-electron chi connectivity index (χ2n) is 5.46. The van der Waals surface area contributed by atoms with E-state index in [-0.39, 0.29) is 24.9 Å². The molecule has 2 N–H and O–H groups in total. The van der Waals surface area contributed by atoms with Crippen LogP contribution in [0.5, 0.6) is 0 Å². The number of halogens is 1. The summed E-state index contributed by atoms with van der Waals surface area (Å²) < 4.78 is 0. The highest BCUT2D eigenvalue weighted by molar-refractivity contribution is 6.33. The van der Waals surface area contributed by atoms with Crippen LogP contribution in [0.2, 0.25) is 5.02 Å². The van der Waals surface area contributed by atoms with Crippen LogP contribution in [0.1, 0.15) is 5.56 Å². The van der Waals surface area contributed by atoms with Gasteiger partial charge in [0.25, 0.3) is 0 Å². The Hall–Kier alpha value is -2.37. The second kappa shape index (κ2) is 9.05. The lowest BCUT2D eigenvalue weighted by molar-refractivity contribution is -0.123. The molecular weight excluding hydrogens is 326 g/mol. The van der Waals surface area contributed by atoms with E-state index in [0.29, 0.717) is 17.3 Å². The topological polar surface area (TPSA) is 61.4 Å². The molecule has 0 aliphatic heterocycles. The van der Waals surface area contributed by atoms with Gasteiger partial charge in [-0.05, 0) is 24.7 Å². The number of carbonyl (C=O) groups is 2. The van der Waals surface area contributed by atoms with E-state index < -0.39 is 0 Å². The van der Waals surface area contributed by atoms with Gasteiger partial charge in [-0.25, -0.2) is 0 Å². The second-order valence-corrected chi connectivity index (χ2v) is 5.87. The zero-order valence-corrected chi connectivity index (χ0v) is 14.2. The molecule has 24 heavy (non-hydrogen) atoms. The number of hydrogen-bond donors (Lipinski definition) is 2. The molecule has 2 amide bonds. The van der Waals surface area contributed by atoms with Crippen LogP contribution >= 0.6 is 11.6 Å². The first kappa shape index (κ1) is 18.0. The number of amides is 2. The molecule has 126 valence electrons. The van der Waals surface area contributed by atoms with Crippen molar-refractivity contribution in [1.29, 1.82) is 0 Å². The van der Waals surface area contributed by atoms with Crippen molar-refractivity contribution in [2.45, 2.75) is 6.54 Å². The minimum absolute atomic E-state index is 0.101. The van der Waals surface area contributed by atoms with E-state index in [1.165, 1.54) is 0 Å². The Kier molecular flexibility index (Phi) is 6.78. The monoisotopic (exact) mass is 345 g/mol. The minimum Gasteiger partial charge on any atom is -0.351 e. The molecule has 0 aliphatic rings. The standard InChI is InChI=1S/C18H20ClN3O2/c1-22(12-17(23)20-11-14-7-3-2-4-8-14)13-18(24)21-16-10-6-5-9-15(16)19/h2-10H,11-13H2,1H3,(H,20,23)(H,21,24). The quantitative estimate of drug-likeness (QED) is 0.810. The molecule has 0 aromatic heterocycles. The summed E-state index contributed by atoms with van der Waals surface area (Å²) in [7, 11) is 1.72. The van der Waals surface area contributed by atoms with Gasteiger partial charge in [0.15, 0.2) is 0 Å². The Balaban J connectivity index is 1.73. The molecule has 2 aromatic rings. The molecule has 0 bridgehead atoms. The summed E-state index contributed by atoms with van der Waals surface area (Å²) >= 11 is 6.00. The number of nitrogens with zero attached hydrogens (tertiary/aromatic N) is 1. The molecule has 0 fully saturated rings. The number of para-hydroxylation sites is 1. The molecule has 0 saturated carbocycles. The van der Waals surface area contributed by atoms with Crippen LogP contribution in [0.25, 0.3) is 0 Å². The summed E-state index contributed by atoms with van der Waals surface area (Å²) in [4.78, 5) is 25.6. The molecule has 0 atom stereocenters. The van der Waals surface area contributed by atoms with Crippen molar-refractivity contribution < 1.29 is 9.59 Å². The lowest BCUT2D eigenvalue weighted by atomic mass is 10.2. The van der Waals surface area contributed by atoms with Crippen LogP contribution in [0.3, 0.4) is 0 Å². The van der Waals surface area contributed by atoms with Crippen molar-refractivity contribution in [3.8, 4) is 0 Å². The fourth-order valence-corrected chi connectivity index (χ4v) is 2.33. The van der Waals surface area contributed by atoms with Crippen LogP contribution in [0.4, 0.5) is 5.69 Å². The van der Waals surface area contributed by atoms with Crippen molar-refractivity contribution in [2.75, 3.05) is 25.5 Å². The van der Waals surface area contributed by atoms with E-state index in [0.717, 1.165) is 5.56 Å². The average Bonchev–Trinajstić information content (AvgIpc) is 2.56. The van der Waals surface area contributed by atoms with E-state index in [9.17, 15) is 9.59 Å². The minimum atomic E-state index is -0.221. The summed E-state index contributed by atoms with van der Waals surface area (Å²) in [6.45, 7) is 0.714. The van der Waals surface area contributed by atoms with Gasteiger partial charge in [0, 0.05) is 6.54 Å². The maximum atomic E-state index is 12.0. The van der Waals surface area contributed by atoms with Crippen molar-refractivity contribution in [2.24, 2.45) is 0 Å². The molecule has 0 spiro atoms. The van der Waals surface area contributed by atoms with Gasteiger partial charge in [-0.1, -0.05) is 54.1 Å². The molecule has 2 aromatic carbocycles. The normalized spacial score (nSPS) is 10.5. The van der Waals surface area contributed by atoms with E-state index in [1.54, 1.807) is 36.2 Å². The number of anilines is 1. The summed E-state index contributed by atoms with van der Waals surface area (Å²) in [5, 5.41) is 6.04. The maximum Gasteiger partial charge on any atom is 0.238 e. The number of benzene rings is 2. The number of nitrogens with one attached hydrogen (secondary N) is 2. The van der Waals surface area contributed by atoms with Crippen LogP contribution in [0.15, 0.2) is 54.6 Å². The molecule has 0 unspecified atom stereocenters. The van der Waals surface area contributed by atoms with E-state index in [4.69, 9.17) is 11.6 Å². The zero-order chi connectivity index (χ0) is 17.4. The van der Waals surface area contributed by atoms with E-state index in [1.807, 2.05) is 30.3 Å². The van der Waals surface area contributed by atoms with Crippen LogP contribution in [-0.4, -0.2) is 36.9 Å². The highest BCUT2D eigenvalue weighted by Gasteiger charge is 2.11. The zero-order valence-electron chi connectivity index (χ0n) is 13.5. The number of likely N-dealkylation sites (N-methyl/N-ethyl adjacent to an activating group) is 1. The number of hydrogen-bond acceptors (Lipinski definition) is 3. The van der Waals surface area contributed by atoms with Gasteiger partial charge in [0.2, 0.25) is 11.8 Å². The highest BCUT2D eigenvalue weighted by Crippen LogP contribution is 2.20. The van der Waals surface area contributed by atoms with Gasteiger partial charge >= 0.3 is 0 Å². The highest BCUT2D eigenvalue weighted by atomic mass is 35.5. The number of carbonyl (C=O) groups excluding carboxylic acids is 2. The predicted molar refractivity (Wildman–Crippen MR) is 95.9 cm³/mol. The fourth-order valence-electron chi connectivity index (χ4n) is 2.15.